The SMILES string of the molecule is CCc1ccc(CC(=O)CSc2nnc(-c3cccs3)n2CC)cc1. The van der Waals surface area contributed by atoms with Crippen molar-refractivity contribution in [3.63, 3.8) is 0 Å². The summed E-state index contributed by atoms with van der Waals surface area (Å²) in [7, 11) is 0. The second-order valence-electron chi connectivity index (χ2n) is 5.70. The lowest BCUT2D eigenvalue weighted by molar-refractivity contribution is -0.116. The van der Waals surface area contributed by atoms with Gasteiger partial charge in [0.05, 0.1) is 10.6 Å². The van der Waals surface area contributed by atoms with Gasteiger partial charge in [0.25, 0.3) is 0 Å². The fourth-order valence-electron chi connectivity index (χ4n) is 2.59. The zero-order valence-corrected chi connectivity index (χ0v) is 16.1. The molecule has 0 aliphatic carbocycles. The predicted molar refractivity (Wildman–Crippen MR) is 104 cm³/mol. The topological polar surface area (TPSA) is 47.8 Å². The Kier molecular flexibility index (Phi) is 6.04. The Morgan fingerprint density at radius 2 is 1.88 bits per heavy atom. The van der Waals surface area contributed by atoms with E-state index >= 15 is 0 Å². The quantitative estimate of drug-likeness (QED) is 0.547. The van der Waals surface area contributed by atoms with E-state index in [1.807, 2.05) is 29.6 Å². The Hall–Kier alpha value is -1.92. The van der Waals surface area contributed by atoms with Crippen molar-refractivity contribution in [1.29, 1.82) is 0 Å². The minimum atomic E-state index is 0.206. The predicted octanol–water partition coefficient (Wildman–Crippen LogP) is 4.49. The Balaban J connectivity index is 1.62. The molecule has 2 aromatic heterocycles. The van der Waals surface area contributed by atoms with Gasteiger partial charge in [-0.15, -0.1) is 21.5 Å². The lowest BCUT2D eigenvalue weighted by Gasteiger charge is -2.06. The summed E-state index contributed by atoms with van der Waals surface area (Å²) in [6.07, 6.45) is 1.48. The normalized spacial score (nSPS) is 11.0. The van der Waals surface area contributed by atoms with E-state index < -0.39 is 0 Å². The molecule has 0 radical (unpaired) electrons. The number of ketones is 1. The van der Waals surface area contributed by atoms with Crippen LogP contribution < -0.4 is 0 Å². The van der Waals surface area contributed by atoms with E-state index in [0.29, 0.717) is 12.2 Å². The van der Waals surface area contributed by atoms with Crippen LogP contribution in [0.25, 0.3) is 10.7 Å². The maximum absolute atomic E-state index is 12.3. The van der Waals surface area contributed by atoms with E-state index in [9.17, 15) is 4.79 Å². The van der Waals surface area contributed by atoms with Crippen molar-refractivity contribution in [1.82, 2.24) is 14.8 Å². The number of rotatable bonds is 8. The number of hydrogen-bond donors (Lipinski definition) is 0. The van der Waals surface area contributed by atoms with Gasteiger partial charge >= 0.3 is 0 Å². The van der Waals surface area contributed by atoms with E-state index in [-0.39, 0.29) is 5.78 Å². The number of aromatic nitrogens is 3. The molecule has 0 bridgehead atoms. The molecular formula is C19H21N3OS2. The third-order valence-corrected chi connectivity index (χ3v) is 5.86. The molecule has 3 aromatic rings. The maximum Gasteiger partial charge on any atom is 0.191 e. The molecule has 6 heteroatoms. The number of carbonyl (C=O) groups excluding carboxylic acids is 1. The van der Waals surface area contributed by atoms with Crippen LogP contribution in [0.15, 0.2) is 46.9 Å². The first-order chi connectivity index (χ1) is 12.2. The molecule has 130 valence electrons. The summed E-state index contributed by atoms with van der Waals surface area (Å²) >= 11 is 3.12. The van der Waals surface area contributed by atoms with Crippen LogP contribution in [-0.2, 0) is 24.2 Å². The van der Waals surface area contributed by atoms with Crippen molar-refractivity contribution in [2.24, 2.45) is 0 Å². The van der Waals surface area contributed by atoms with Crippen LogP contribution in [0.4, 0.5) is 0 Å². The highest BCUT2D eigenvalue weighted by Crippen LogP contribution is 2.27. The minimum Gasteiger partial charge on any atom is -0.302 e. The Morgan fingerprint density at radius 1 is 1.12 bits per heavy atom. The smallest absolute Gasteiger partial charge is 0.191 e. The first-order valence-electron chi connectivity index (χ1n) is 8.40. The van der Waals surface area contributed by atoms with Crippen LogP contribution in [0.1, 0.15) is 25.0 Å². The van der Waals surface area contributed by atoms with Crippen LogP contribution in [0, 0.1) is 0 Å². The van der Waals surface area contributed by atoms with Gasteiger partial charge in [0.15, 0.2) is 11.0 Å². The second kappa shape index (κ2) is 8.45. The molecule has 1 aromatic carbocycles. The summed E-state index contributed by atoms with van der Waals surface area (Å²) in [6.45, 7) is 4.99. The molecule has 0 saturated carbocycles. The molecule has 0 aliphatic heterocycles. The molecule has 2 heterocycles. The molecule has 0 atom stereocenters. The largest absolute Gasteiger partial charge is 0.302 e. The van der Waals surface area contributed by atoms with Crippen molar-refractivity contribution in [3.05, 3.63) is 52.9 Å². The molecule has 0 saturated heterocycles. The first-order valence-corrected chi connectivity index (χ1v) is 10.3. The van der Waals surface area contributed by atoms with Gasteiger partial charge in [0, 0.05) is 13.0 Å². The van der Waals surface area contributed by atoms with Gasteiger partial charge in [0.2, 0.25) is 0 Å². The summed E-state index contributed by atoms with van der Waals surface area (Å²) in [6, 6.07) is 12.3. The van der Waals surface area contributed by atoms with Crippen LogP contribution in [0.2, 0.25) is 0 Å². The van der Waals surface area contributed by atoms with Gasteiger partial charge in [-0.05, 0) is 35.9 Å². The summed E-state index contributed by atoms with van der Waals surface area (Å²) in [4.78, 5) is 13.4. The Labute approximate surface area is 156 Å². The van der Waals surface area contributed by atoms with Gasteiger partial charge in [-0.1, -0.05) is 49.0 Å². The molecule has 4 nitrogen and oxygen atoms in total. The summed E-state index contributed by atoms with van der Waals surface area (Å²) in [5, 5.41) is 11.4. The molecule has 0 amide bonds. The monoisotopic (exact) mass is 371 g/mol. The Bertz CT molecular complexity index is 823. The highest BCUT2D eigenvalue weighted by Gasteiger charge is 2.15. The number of thiophene rings is 1. The van der Waals surface area contributed by atoms with E-state index in [0.717, 1.165) is 34.4 Å². The standard InChI is InChI=1S/C19H21N3OS2/c1-3-14-7-9-15(10-8-14)12-16(23)13-25-19-21-20-18(22(19)4-2)17-6-5-11-24-17/h5-11H,3-4,12-13H2,1-2H3. The molecule has 0 unspecified atom stereocenters. The fraction of sp³-hybridized carbons (Fsp3) is 0.316. The van der Waals surface area contributed by atoms with Crippen molar-refractivity contribution >= 4 is 28.9 Å². The third kappa shape index (κ3) is 4.38. The summed E-state index contributed by atoms with van der Waals surface area (Å²) in [5.41, 5.74) is 2.36. The van der Waals surface area contributed by atoms with E-state index in [2.05, 4.69) is 40.7 Å². The number of carbonyl (C=O) groups is 1. The minimum absolute atomic E-state index is 0.206. The third-order valence-electron chi connectivity index (χ3n) is 3.97. The molecule has 3 rings (SSSR count). The van der Waals surface area contributed by atoms with Crippen molar-refractivity contribution in [2.75, 3.05) is 5.75 Å². The van der Waals surface area contributed by atoms with E-state index in [1.165, 1.54) is 17.3 Å². The lowest BCUT2D eigenvalue weighted by Crippen LogP contribution is -2.07. The molecule has 0 aliphatic rings. The second-order valence-corrected chi connectivity index (χ2v) is 7.59. The van der Waals surface area contributed by atoms with Gasteiger partial charge in [-0.25, -0.2) is 0 Å². The van der Waals surface area contributed by atoms with Gasteiger partial charge in [0.1, 0.15) is 5.78 Å². The summed E-state index contributed by atoms with van der Waals surface area (Å²) < 4.78 is 2.07. The average Bonchev–Trinajstić information content (AvgIpc) is 3.29. The van der Waals surface area contributed by atoms with Crippen LogP contribution in [0.5, 0.6) is 0 Å². The number of nitrogens with zero attached hydrogens (tertiary/aromatic N) is 3. The van der Waals surface area contributed by atoms with Crippen molar-refractivity contribution < 1.29 is 4.79 Å². The van der Waals surface area contributed by atoms with Gasteiger partial charge in [-0.3, -0.25) is 4.79 Å². The summed E-state index contributed by atoms with van der Waals surface area (Å²) in [5.74, 6) is 1.50. The maximum atomic E-state index is 12.3. The number of benzene rings is 1. The zero-order valence-electron chi connectivity index (χ0n) is 14.4. The lowest BCUT2D eigenvalue weighted by atomic mass is 10.1. The molecule has 0 fully saturated rings. The van der Waals surface area contributed by atoms with Crippen molar-refractivity contribution in [3.8, 4) is 10.7 Å². The first kappa shape index (κ1) is 17.9. The van der Waals surface area contributed by atoms with Crippen LogP contribution in [-0.4, -0.2) is 26.3 Å². The molecular weight excluding hydrogens is 350 g/mol. The molecule has 0 N–H and O–H groups in total. The van der Waals surface area contributed by atoms with Gasteiger partial charge < -0.3 is 4.57 Å². The fourth-order valence-corrected chi connectivity index (χ4v) is 4.16. The number of aryl methyl sites for hydroxylation is 1. The molecule has 25 heavy (non-hydrogen) atoms. The number of hydrogen-bond acceptors (Lipinski definition) is 5. The zero-order chi connectivity index (χ0) is 17.6. The number of thioether (sulfide) groups is 1. The highest BCUT2D eigenvalue weighted by atomic mass is 32.2. The molecule has 0 spiro atoms. The Morgan fingerprint density at radius 3 is 2.52 bits per heavy atom. The van der Waals surface area contributed by atoms with Crippen LogP contribution in [0.3, 0.4) is 0 Å². The van der Waals surface area contributed by atoms with Crippen molar-refractivity contribution in [2.45, 2.75) is 38.4 Å². The van der Waals surface area contributed by atoms with Gasteiger partial charge in [-0.2, -0.15) is 0 Å². The number of Topliss-reactive ketones (excluding diaryl/α,β-unsaturated/α-hetero) is 1. The van der Waals surface area contributed by atoms with E-state index in [1.54, 1.807) is 11.3 Å². The van der Waals surface area contributed by atoms with E-state index in [4.69, 9.17) is 0 Å². The average molecular weight is 372 g/mol. The highest BCUT2D eigenvalue weighted by molar-refractivity contribution is 7.99. The van der Waals surface area contributed by atoms with Crippen LogP contribution >= 0.6 is 23.1 Å².